The Hall–Kier alpha value is -1.37. The molecule has 0 unspecified atom stereocenters. The summed E-state index contributed by atoms with van der Waals surface area (Å²) in [6.07, 6.45) is -2.81. The van der Waals surface area contributed by atoms with Crippen molar-refractivity contribution in [2.75, 3.05) is 0 Å². The number of nitrogens with two attached hydrogens (primary N) is 1. The normalized spacial score (nSPS) is 13.9. The Bertz CT molecular complexity index is 273. The van der Waals surface area contributed by atoms with E-state index in [-0.39, 0.29) is 0 Å². The van der Waals surface area contributed by atoms with Crippen LogP contribution in [0.4, 0.5) is 13.2 Å². The van der Waals surface area contributed by atoms with Crippen LogP contribution in [-0.4, -0.2) is 24.2 Å². The Morgan fingerprint density at radius 3 is 2.40 bits per heavy atom. The van der Waals surface area contributed by atoms with Crippen LogP contribution >= 0.6 is 0 Å². The minimum Gasteiger partial charge on any atom is -0.383 e. The van der Waals surface area contributed by atoms with E-state index in [0.29, 0.717) is 12.5 Å². The van der Waals surface area contributed by atoms with E-state index >= 15 is 0 Å². The van der Waals surface area contributed by atoms with Crippen LogP contribution in [0.1, 0.15) is 13.3 Å². The second-order valence-electron chi connectivity index (χ2n) is 2.64. The standard InChI is InChI=1S/C8H10F3NO3/c1-2-5(12)3-4-6(13)15-7(14)8(9,10)11/h3-5H,2,12H2,1H3/b4-3+/t5-/m0/s1. The summed E-state index contributed by atoms with van der Waals surface area (Å²) >= 11 is 0. The Morgan fingerprint density at radius 1 is 1.47 bits per heavy atom. The van der Waals surface area contributed by atoms with E-state index in [1.807, 2.05) is 0 Å². The summed E-state index contributed by atoms with van der Waals surface area (Å²) < 4.78 is 38.3. The maximum absolute atomic E-state index is 11.6. The van der Waals surface area contributed by atoms with Crippen molar-refractivity contribution < 1.29 is 27.5 Å². The number of ether oxygens (including phenoxy) is 1. The fourth-order valence-corrected chi connectivity index (χ4v) is 0.521. The van der Waals surface area contributed by atoms with Crippen molar-refractivity contribution in [3.8, 4) is 0 Å². The maximum atomic E-state index is 11.6. The highest BCUT2D eigenvalue weighted by Crippen LogP contribution is 2.16. The number of alkyl halides is 3. The topological polar surface area (TPSA) is 69.4 Å². The fraction of sp³-hybridized carbons (Fsp3) is 0.500. The van der Waals surface area contributed by atoms with Gasteiger partial charge in [-0.25, -0.2) is 9.59 Å². The monoisotopic (exact) mass is 225 g/mol. The molecular formula is C8H10F3NO3. The summed E-state index contributed by atoms with van der Waals surface area (Å²) in [6.45, 7) is 1.72. The summed E-state index contributed by atoms with van der Waals surface area (Å²) in [5.74, 6) is -3.93. The van der Waals surface area contributed by atoms with Crippen LogP contribution in [0.15, 0.2) is 12.2 Å². The summed E-state index contributed by atoms with van der Waals surface area (Å²) in [4.78, 5) is 20.8. The molecule has 0 aliphatic carbocycles. The van der Waals surface area contributed by atoms with Gasteiger partial charge in [-0.2, -0.15) is 13.2 Å². The summed E-state index contributed by atoms with van der Waals surface area (Å²) in [5.41, 5.74) is 5.34. The summed E-state index contributed by atoms with van der Waals surface area (Å²) in [5, 5.41) is 0. The minimum absolute atomic E-state index is 0.460. The highest BCUT2D eigenvalue weighted by Gasteiger charge is 2.42. The number of esters is 2. The van der Waals surface area contributed by atoms with Gasteiger partial charge in [-0.15, -0.1) is 0 Å². The molecule has 86 valence electrons. The van der Waals surface area contributed by atoms with Crippen LogP contribution in [0.25, 0.3) is 0 Å². The zero-order valence-corrected chi connectivity index (χ0v) is 7.88. The van der Waals surface area contributed by atoms with Gasteiger partial charge in [-0.05, 0) is 6.42 Å². The lowest BCUT2D eigenvalue weighted by Gasteiger charge is -2.03. The van der Waals surface area contributed by atoms with Crippen molar-refractivity contribution in [1.82, 2.24) is 0 Å². The van der Waals surface area contributed by atoms with E-state index in [4.69, 9.17) is 5.73 Å². The molecule has 0 aromatic heterocycles. The number of hydrogen-bond donors (Lipinski definition) is 1. The van der Waals surface area contributed by atoms with Gasteiger partial charge >= 0.3 is 18.1 Å². The summed E-state index contributed by atoms with van der Waals surface area (Å²) in [7, 11) is 0. The van der Waals surface area contributed by atoms with Crippen molar-refractivity contribution in [2.24, 2.45) is 5.73 Å². The number of hydrogen-bond acceptors (Lipinski definition) is 4. The zero-order chi connectivity index (χ0) is 12.1. The third-order valence-corrected chi connectivity index (χ3v) is 1.38. The quantitative estimate of drug-likeness (QED) is 0.440. The van der Waals surface area contributed by atoms with Crippen molar-refractivity contribution in [1.29, 1.82) is 0 Å². The molecule has 0 aliphatic rings. The molecule has 0 heterocycles. The summed E-state index contributed by atoms with van der Waals surface area (Å²) in [6, 6.07) is -0.460. The number of carbonyl (C=O) groups is 2. The van der Waals surface area contributed by atoms with Crippen molar-refractivity contribution in [2.45, 2.75) is 25.6 Å². The fourth-order valence-electron chi connectivity index (χ4n) is 0.521. The highest BCUT2D eigenvalue weighted by molar-refractivity contribution is 5.93. The third-order valence-electron chi connectivity index (χ3n) is 1.38. The molecule has 7 heteroatoms. The van der Waals surface area contributed by atoms with E-state index in [0.717, 1.165) is 6.08 Å². The van der Waals surface area contributed by atoms with Gasteiger partial charge in [0, 0.05) is 12.1 Å². The maximum Gasteiger partial charge on any atom is 0.491 e. The zero-order valence-electron chi connectivity index (χ0n) is 7.88. The predicted octanol–water partition coefficient (Wildman–Crippen LogP) is 0.912. The number of rotatable bonds is 3. The first-order valence-corrected chi connectivity index (χ1v) is 4.04. The first kappa shape index (κ1) is 13.6. The molecule has 2 N–H and O–H groups in total. The molecule has 4 nitrogen and oxygen atoms in total. The van der Waals surface area contributed by atoms with Gasteiger partial charge in [0.15, 0.2) is 0 Å². The average molecular weight is 225 g/mol. The molecule has 0 fully saturated rings. The predicted molar refractivity (Wildman–Crippen MR) is 44.6 cm³/mol. The molecule has 0 saturated carbocycles. The van der Waals surface area contributed by atoms with Crippen LogP contribution in [0.5, 0.6) is 0 Å². The van der Waals surface area contributed by atoms with Crippen LogP contribution in [0, 0.1) is 0 Å². The van der Waals surface area contributed by atoms with Gasteiger partial charge in [-0.1, -0.05) is 13.0 Å². The Balaban J connectivity index is 4.17. The minimum atomic E-state index is -5.17. The largest absolute Gasteiger partial charge is 0.491 e. The van der Waals surface area contributed by atoms with E-state index < -0.39 is 24.2 Å². The molecule has 0 bridgehead atoms. The molecule has 0 aliphatic heterocycles. The van der Waals surface area contributed by atoms with Crippen molar-refractivity contribution >= 4 is 11.9 Å². The van der Waals surface area contributed by atoms with Gasteiger partial charge in [-0.3, -0.25) is 0 Å². The molecule has 0 aromatic rings. The second kappa shape index (κ2) is 5.50. The molecule has 0 radical (unpaired) electrons. The van der Waals surface area contributed by atoms with Gasteiger partial charge < -0.3 is 10.5 Å². The molecule has 0 aromatic carbocycles. The van der Waals surface area contributed by atoms with Crippen molar-refractivity contribution in [3.05, 3.63) is 12.2 Å². The lowest BCUT2D eigenvalue weighted by Crippen LogP contribution is -2.27. The smallest absolute Gasteiger partial charge is 0.383 e. The average Bonchev–Trinajstić information content (AvgIpc) is 2.12. The molecule has 0 amide bonds. The molecule has 15 heavy (non-hydrogen) atoms. The van der Waals surface area contributed by atoms with Crippen LogP contribution in [0.2, 0.25) is 0 Å². The van der Waals surface area contributed by atoms with Gasteiger partial charge in [0.2, 0.25) is 0 Å². The van der Waals surface area contributed by atoms with Crippen LogP contribution < -0.4 is 5.73 Å². The van der Waals surface area contributed by atoms with Gasteiger partial charge in [0.25, 0.3) is 0 Å². The third kappa shape index (κ3) is 5.84. The van der Waals surface area contributed by atoms with Crippen LogP contribution in [0.3, 0.4) is 0 Å². The number of halogens is 3. The first-order chi connectivity index (χ1) is 6.77. The Kier molecular flexibility index (Phi) is 4.99. The van der Waals surface area contributed by atoms with E-state index in [2.05, 4.69) is 4.74 Å². The van der Waals surface area contributed by atoms with E-state index in [1.165, 1.54) is 0 Å². The Labute approximate surface area is 83.9 Å². The van der Waals surface area contributed by atoms with E-state index in [1.54, 1.807) is 6.92 Å². The molecule has 0 spiro atoms. The molecule has 0 rings (SSSR count). The first-order valence-electron chi connectivity index (χ1n) is 4.04. The van der Waals surface area contributed by atoms with Crippen LogP contribution in [-0.2, 0) is 14.3 Å². The van der Waals surface area contributed by atoms with Crippen molar-refractivity contribution in [3.63, 3.8) is 0 Å². The molecular weight excluding hydrogens is 215 g/mol. The second-order valence-corrected chi connectivity index (χ2v) is 2.64. The van der Waals surface area contributed by atoms with E-state index in [9.17, 15) is 22.8 Å². The Morgan fingerprint density at radius 2 is 2.00 bits per heavy atom. The number of carbonyl (C=O) groups excluding carboxylic acids is 2. The molecule has 0 saturated heterocycles. The molecule has 1 atom stereocenters. The SMILES string of the molecule is CC[C@H](N)/C=C/C(=O)OC(=O)C(F)(F)F. The van der Waals surface area contributed by atoms with Gasteiger partial charge in [0.05, 0.1) is 0 Å². The van der Waals surface area contributed by atoms with Gasteiger partial charge in [0.1, 0.15) is 0 Å². The lowest BCUT2D eigenvalue weighted by molar-refractivity contribution is -0.200. The highest BCUT2D eigenvalue weighted by atomic mass is 19.4. The lowest BCUT2D eigenvalue weighted by atomic mass is 10.2.